The molecule has 0 spiro atoms. The van der Waals surface area contributed by atoms with Crippen molar-refractivity contribution in [1.82, 2.24) is 0 Å². The Bertz CT molecular complexity index is 894. The summed E-state index contributed by atoms with van der Waals surface area (Å²) in [4.78, 5) is 0.165. The van der Waals surface area contributed by atoms with Gasteiger partial charge in [0.05, 0.1) is 11.3 Å². The number of fused-ring (bicyclic) bond motifs is 1. The van der Waals surface area contributed by atoms with Crippen molar-refractivity contribution in [1.29, 1.82) is 0 Å². The molecule has 0 amide bonds. The lowest BCUT2D eigenvalue weighted by Crippen LogP contribution is -2.10. The lowest BCUT2D eigenvalue weighted by molar-refractivity contribution is 0.416. The van der Waals surface area contributed by atoms with Gasteiger partial charge in [0, 0.05) is 0 Å². The molecule has 23 heavy (non-hydrogen) atoms. The first-order valence-corrected chi connectivity index (χ1v) is 8.73. The summed E-state index contributed by atoms with van der Waals surface area (Å²) in [7, 11) is -3.78. The quantitative estimate of drug-likeness (QED) is 0.845. The highest BCUT2D eigenvalue weighted by molar-refractivity contribution is 7.90. The van der Waals surface area contributed by atoms with Crippen LogP contribution < -0.4 is 0 Å². The molecule has 118 valence electrons. The molecule has 0 aromatic heterocycles. The average Bonchev–Trinajstić information content (AvgIpc) is 2.64. The maximum Gasteiger partial charge on any atom is 0.285 e. The standard InChI is InChI=1S/C18H17NO3S/c1-13-7-9-17(10-8-13)23(20,21)19-18-12-16-6-4-3-5-15(16)11-14(2)22-18/h3-11H,12H2,1-2H3/b19-18-. The molecule has 0 aliphatic carbocycles. The van der Waals surface area contributed by atoms with E-state index < -0.39 is 10.0 Å². The molecule has 0 radical (unpaired) electrons. The fourth-order valence-corrected chi connectivity index (χ4v) is 3.37. The summed E-state index contributed by atoms with van der Waals surface area (Å²) in [5.74, 6) is 0.803. The third-order valence-corrected chi connectivity index (χ3v) is 4.89. The van der Waals surface area contributed by atoms with Crippen molar-refractivity contribution in [3.63, 3.8) is 0 Å². The molecule has 0 N–H and O–H groups in total. The van der Waals surface area contributed by atoms with Crippen LogP contribution in [0, 0.1) is 6.92 Å². The van der Waals surface area contributed by atoms with Crippen molar-refractivity contribution >= 4 is 22.0 Å². The van der Waals surface area contributed by atoms with Gasteiger partial charge in [0.25, 0.3) is 10.0 Å². The van der Waals surface area contributed by atoms with Crippen molar-refractivity contribution in [3.05, 3.63) is 71.0 Å². The van der Waals surface area contributed by atoms with Gasteiger partial charge in [0.1, 0.15) is 5.76 Å². The Kier molecular flexibility index (Phi) is 4.05. The molecule has 5 heteroatoms. The number of hydrogen-bond donors (Lipinski definition) is 0. The van der Waals surface area contributed by atoms with Gasteiger partial charge in [-0.1, -0.05) is 42.0 Å². The second-order valence-electron chi connectivity index (χ2n) is 5.51. The van der Waals surface area contributed by atoms with E-state index in [0.29, 0.717) is 12.2 Å². The van der Waals surface area contributed by atoms with Gasteiger partial charge in [-0.2, -0.15) is 8.42 Å². The predicted molar refractivity (Wildman–Crippen MR) is 90.7 cm³/mol. The molecule has 0 unspecified atom stereocenters. The van der Waals surface area contributed by atoms with E-state index in [1.807, 2.05) is 37.3 Å². The highest BCUT2D eigenvalue weighted by Crippen LogP contribution is 2.21. The Morgan fingerprint density at radius 3 is 2.43 bits per heavy atom. The average molecular weight is 327 g/mol. The van der Waals surface area contributed by atoms with Crippen LogP contribution in [-0.4, -0.2) is 14.3 Å². The molecular formula is C18H17NO3S. The topological polar surface area (TPSA) is 55.7 Å². The van der Waals surface area contributed by atoms with Gasteiger partial charge in [0.15, 0.2) is 0 Å². The number of sulfonamides is 1. The zero-order valence-corrected chi connectivity index (χ0v) is 13.8. The number of nitrogens with zero attached hydrogens (tertiary/aromatic N) is 1. The first-order valence-electron chi connectivity index (χ1n) is 7.29. The maximum absolute atomic E-state index is 12.5. The molecule has 0 saturated heterocycles. The van der Waals surface area contributed by atoms with Crippen LogP contribution in [0.15, 0.2) is 63.6 Å². The van der Waals surface area contributed by atoms with Crippen molar-refractivity contribution < 1.29 is 13.2 Å². The van der Waals surface area contributed by atoms with Crippen molar-refractivity contribution in [2.45, 2.75) is 25.2 Å². The molecule has 4 nitrogen and oxygen atoms in total. The fourth-order valence-electron chi connectivity index (χ4n) is 2.42. The van der Waals surface area contributed by atoms with Crippen LogP contribution in [0.25, 0.3) is 6.08 Å². The number of aryl methyl sites for hydroxylation is 1. The van der Waals surface area contributed by atoms with Gasteiger partial charge < -0.3 is 4.74 Å². The molecule has 2 aromatic carbocycles. The molecule has 0 fully saturated rings. The van der Waals surface area contributed by atoms with E-state index in [1.54, 1.807) is 31.2 Å². The SMILES string of the molecule is CC1=Cc2ccccc2C/C(=N/S(=O)(=O)c2ccc(C)cc2)O1. The van der Waals surface area contributed by atoms with Gasteiger partial charge in [-0.3, -0.25) is 0 Å². The number of benzene rings is 2. The zero-order valence-electron chi connectivity index (χ0n) is 13.0. The molecule has 3 rings (SSSR count). The summed E-state index contributed by atoms with van der Waals surface area (Å²) >= 11 is 0. The van der Waals surface area contributed by atoms with Gasteiger partial charge in [-0.05, 0) is 43.2 Å². The number of rotatable bonds is 2. The van der Waals surface area contributed by atoms with Crippen LogP contribution in [0.2, 0.25) is 0 Å². The van der Waals surface area contributed by atoms with Crippen molar-refractivity contribution in [2.75, 3.05) is 0 Å². The molecule has 1 aliphatic rings. The monoisotopic (exact) mass is 327 g/mol. The fraction of sp³-hybridized carbons (Fsp3) is 0.167. The smallest absolute Gasteiger partial charge is 0.285 e. The van der Waals surface area contributed by atoms with Crippen LogP contribution in [0.4, 0.5) is 0 Å². The third kappa shape index (κ3) is 3.51. The largest absolute Gasteiger partial charge is 0.446 e. The third-order valence-electron chi connectivity index (χ3n) is 3.58. The minimum Gasteiger partial charge on any atom is -0.446 e. The Hall–Kier alpha value is -2.40. The van der Waals surface area contributed by atoms with E-state index >= 15 is 0 Å². The summed E-state index contributed by atoms with van der Waals surface area (Å²) in [5.41, 5.74) is 3.00. The number of ether oxygens (including phenoxy) is 1. The summed E-state index contributed by atoms with van der Waals surface area (Å²) in [6.07, 6.45) is 2.23. The van der Waals surface area contributed by atoms with E-state index in [9.17, 15) is 8.42 Å². The van der Waals surface area contributed by atoms with Crippen molar-refractivity contribution in [2.24, 2.45) is 4.40 Å². The lowest BCUT2D eigenvalue weighted by atomic mass is 10.0. The summed E-state index contributed by atoms with van der Waals surface area (Å²) in [6, 6.07) is 14.4. The van der Waals surface area contributed by atoms with E-state index in [4.69, 9.17) is 4.74 Å². The summed E-state index contributed by atoms with van der Waals surface area (Å²) in [6.45, 7) is 3.69. The molecule has 1 heterocycles. The normalized spacial score (nSPS) is 16.3. The zero-order chi connectivity index (χ0) is 16.4. The predicted octanol–water partition coefficient (Wildman–Crippen LogP) is 3.72. The van der Waals surface area contributed by atoms with E-state index in [2.05, 4.69) is 4.40 Å². The highest BCUT2D eigenvalue weighted by Gasteiger charge is 2.18. The van der Waals surface area contributed by atoms with Crippen LogP contribution in [0.1, 0.15) is 23.6 Å². The minimum atomic E-state index is -3.78. The molecule has 2 aromatic rings. The van der Waals surface area contributed by atoms with Crippen LogP contribution in [-0.2, 0) is 21.2 Å². The minimum absolute atomic E-state index is 0.165. The van der Waals surface area contributed by atoms with Gasteiger partial charge >= 0.3 is 0 Å². The number of allylic oxidation sites excluding steroid dienone is 1. The van der Waals surface area contributed by atoms with Crippen molar-refractivity contribution in [3.8, 4) is 0 Å². The number of hydrogen-bond acceptors (Lipinski definition) is 3. The Morgan fingerprint density at radius 1 is 1.00 bits per heavy atom. The molecule has 1 aliphatic heterocycles. The first kappa shape index (κ1) is 15.5. The Morgan fingerprint density at radius 2 is 1.70 bits per heavy atom. The van der Waals surface area contributed by atoms with Crippen LogP contribution >= 0.6 is 0 Å². The van der Waals surface area contributed by atoms with Crippen LogP contribution in [0.3, 0.4) is 0 Å². The Labute approximate surface area is 136 Å². The van der Waals surface area contributed by atoms with E-state index in [1.165, 1.54) is 0 Å². The molecular weight excluding hydrogens is 310 g/mol. The highest BCUT2D eigenvalue weighted by atomic mass is 32.2. The second kappa shape index (κ2) is 6.01. The summed E-state index contributed by atoms with van der Waals surface area (Å²) in [5, 5.41) is 0. The maximum atomic E-state index is 12.5. The second-order valence-corrected chi connectivity index (χ2v) is 7.11. The van der Waals surface area contributed by atoms with Gasteiger partial charge in [-0.15, -0.1) is 4.40 Å². The Balaban J connectivity index is 1.99. The van der Waals surface area contributed by atoms with Gasteiger partial charge in [0.2, 0.25) is 5.90 Å². The first-order chi connectivity index (χ1) is 10.9. The van der Waals surface area contributed by atoms with E-state index in [0.717, 1.165) is 16.7 Å². The van der Waals surface area contributed by atoms with Crippen LogP contribution in [0.5, 0.6) is 0 Å². The molecule has 0 saturated carbocycles. The summed E-state index contributed by atoms with van der Waals surface area (Å²) < 4.78 is 34.4. The molecule has 0 atom stereocenters. The lowest BCUT2D eigenvalue weighted by Gasteiger charge is -2.07. The molecule has 0 bridgehead atoms. The van der Waals surface area contributed by atoms with E-state index in [-0.39, 0.29) is 10.8 Å². The van der Waals surface area contributed by atoms with Gasteiger partial charge in [-0.25, -0.2) is 0 Å².